The second-order valence-corrected chi connectivity index (χ2v) is 7.22. The Morgan fingerprint density at radius 1 is 1.35 bits per heavy atom. The molecule has 0 radical (unpaired) electrons. The van der Waals surface area contributed by atoms with Crippen molar-refractivity contribution in [1.29, 1.82) is 0 Å². The molecule has 0 amide bonds. The highest BCUT2D eigenvalue weighted by Crippen LogP contribution is 2.46. The van der Waals surface area contributed by atoms with Crippen LogP contribution in [0, 0.1) is 11.8 Å². The number of alkyl halides is 4. The fourth-order valence-corrected chi connectivity index (χ4v) is 3.54. The standard InChI is InChI=1S/C16H20F3I/c1-2-3-5-11-8-12(14-10-15(14)20)6-4-7-13(9-11)16(17,18)19/h4,7-9,13-15H,2-3,5-6,10H2,1H3. The molecule has 1 saturated carbocycles. The van der Waals surface area contributed by atoms with Crippen molar-refractivity contribution in [2.75, 3.05) is 0 Å². The van der Waals surface area contributed by atoms with Gasteiger partial charge in [-0.3, -0.25) is 0 Å². The lowest BCUT2D eigenvalue weighted by Crippen LogP contribution is -2.19. The first-order valence-corrected chi connectivity index (χ1v) is 8.45. The summed E-state index contributed by atoms with van der Waals surface area (Å²) in [5.41, 5.74) is 2.17. The van der Waals surface area contributed by atoms with E-state index in [0.717, 1.165) is 24.8 Å². The zero-order chi connectivity index (χ0) is 14.8. The largest absolute Gasteiger partial charge is 0.398 e. The third-order valence-electron chi connectivity index (χ3n) is 3.85. The summed E-state index contributed by atoms with van der Waals surface area (Å²) in [4.78, 5) is 0. The number of hydrogen-bond acceptors (Lipinski definition) is 0. The Labute approximate surface area is 132 Å². The van der Waals surface area contributed by atoms with Gasteiger partial charge in [-0.05, 0) is 31.6 Å². The van der Waals surface area contributed by atoms with Crippen LogP contribution < -0.4 is 0 Å². The molecule has 1 fully saturated rings. The summed E-state index contributed by atoms with van der Waals surface area (Å²) >= 11 is 2.43. The predicted molar refractivity (Wildman–Crippen MR) is 84.9 cm³/mol. The molecule has 20 heavy (non-hydrogen) atoms. The Kier molecular flexibility index (Phi) is 5.37. The molecule has 0 bridgehead atoms. The number of hydrogen-bond donors (Lipinski definition) is 0. The third-order valence-corrected chi connectivity index (χ3v) is 5.22. The minimum Gasteiger partial charge on any atom is -0.170 e. The van der Waals surface area contributed by atoms with Crippen LogP contribution in [0.1, 0.15) is 39.0 Å². The molecule has 0 heterocycles. The first-order chi connectivity index (χ1) is 9.41. The van der Waals surface area contributed by atoms with Crippen molar-refractivity contribution >= 4 is 22.6 Å². The van der Waals surface area contributed by atoms with Crippen LogP contribution in [-0.4, -0.2) is 10.1 Å². The van der Waals surface area contributed by atoms with Gasteiger partial charge in [-0.25, -0.2) is 0 Å². The zero-order valence-corrected chi connectivity index (χ0v) is 13.7. The van der Waals surface area contributed by atoms with E-state index in [0.29, 0.717) is 16.3 Å². The van der Waals surface area contributed by atoms with Crippen LogP contribution >= 0.6 is 22.6 Å². The average molecular weight is 396 g/mol. The first-order valence-electron chi connectivity index (χ1n) is 7.20. The molecule has 0 aromatic rings. The van der Waals surface area contributed by atoms with E-state index in [1.54, 1.807) is 6.08 Å². The van der Waals surface area contributed by atoms with Gasteiger partial charge < -0.3 is 0 Å². The van der Waals surface area contributed by atoms with Crippen LogP contribution in [0.5, 0.6) is 0 Å². The second-order valence-electron chi connectivity index (χ2n) is 5.62. The molecule has 2 aliphatic carbocycles. The lowest BCUT2D eigenvalue weighted by molar-refractivity contribution is -0.149. The van der Waals surface area contributed by atoms with Gasteiger partial charge in [-0.2, -0.15) is 13.2 Å². The highest BCUT2D eigenvalue weighted by Gasteiger charge is 2.39. The zero-order valence-electron chi connectivity index (χ0n) is 11.6. The minimum atomic E-state index is -4.18. The van der Waals surface area contributed by atoms with Gasteiger partial charge in [0, 0.05) is 3.92 Å². The lowest BCUT2D eigenvalue weighted by atomic mass is 9.93. The molecule has 0 N–H and O–H groups in total. The summed E-state index contributed by atoms with van der Waals surface area (Å²) < 4.78 is 39.6. The summed E-state index contributed by atoms with van der Waals surface area (Å²) in [5, 5.41) is 0. The van der Waals surface area contributed by atoms with E-state index >= 15 is 0 Å². The Morgan fingerprint density at radius 2 is 2.05 bits per heavy atom. The van der Waals surface area contributed by atoms with E-state index in [1.165, 1.54) is 24.1 Å². The van der Waals surface area contributed by atoms with Crippen molar-refractivity contribution in [3.63, 3.8) is 0 Å². The molecule has 0 aliphatic heterocycles. The van der Waals surface area contributed by atoms with Crippen molar-refractivity contribution in [3.05, 3.63) is 35.5 Å². The van der Waals surface area contributed by atoms with Gasteiger partial charge in [-0.1, -0.05) is 71.4 Å². The molecule has 4 heteroatoms. The maximum Gasteiger partial charge on any atom is 0.398 e. The Bertz CT molecular complexity index is 431. The monoisotopic (exact) mass is 396 g/mol. The first kappa shape index (κ1) is 16.1. The fraction of sp³-hybridized carbons (Fsp3) is 0.625. The molecule has 3 atom stereocenters. The van der Waals surface area contributed by atoms with Gasteiger partial charge in [0.25, 0.3) is 0 Å². The molecular weight excluding hydrogens is 376 g/mol. The van der Waals surface area contributed by atoms with E-state index in [4.69, 9.17) is 0 Å². The van der Waals surface area contributed by atoms with Gasteiger partial charge in [-0.15, -0.1) is 0 Å². The van der Waals surface area contributed by atoms with E-state index in [2.05, 4.69) is 29.5 Å². The molecule has 2 aliphatic rings. The minimum absolute atomic E-state index is 0.577. The molecule has 0 spiro atoms. The van der Waals surface area contributed by atoms with Crippen LogP contribution in [0.4, 0.5) is 13.2 Å². The van der Waals surface area contributed by atoms with Gasteiger partial charge >= 0.3 is 6.18 Å². The molecule has 3 unspecified atom stereocenters. The van der Waals surface area contributed by atoms with Gasteiger partial charge in [0.1, 0.15) is 0 Å². The lowest BCUT2D eigenvalue weighted by Gasteiger charge is -2.17. The molecule has 0 saturated heterocycles. The number of rotatable bonds is 4. The Balaban J connectivity index is 2.23. The second kappa shape index (κ2) is 6.67. The average Bonchev–Trinajstić information content (AvgIpc) is 3.03. The van der Waals surface area contributed by atoms with Crippen LogP contribution in [0.3, 0.4) is 0 Å². The predicted octanol–water partition coefficient (Wildman–Crippen LogP) is 5.99. The maximum absolute atomic E-state index is 13.0. The van der Waals surface area contributed by atoms with Gasteiger partial charge in [0.15, 0.2) is 0 Å². The van der Waals surface area contributed by atoms with Gasteiger partial charge in [0.2, 0.25) is 0 Å². The van der Waals surface area contributed by atoms with Crippen molar-refractivity contribution in [2.45, 2.75) is 49.1 Å². The number of allylic oxidation sites excluding steroid dienone is 6. The number of unbranched alkanes of at least 4 members (excludes halogenated alkanes) is 1. The summed E-state index contributed by atoms with van der Waals surface area (Å²) in [5.74, 6) is -0.852. The van der Waals surface area contributed by atoms with Crippen molar-refractivity contribution in [3.8, 4) is 0 Å². The highest BCUT2D eigenvalue weighted by atomic mass is 127. The fourth-order valence-electron chi connectivity index (χ4n) is 2.53. The molecule has 0 aromatic carbocycles. The molecule has 0 nitrogen and oxygen atoms in total. The highest BCUT2D eigenvalue weighted by molar-refractivity contribution is 14.1. The summed E-state index contributed by atoms with van der Waals surface area (Å²) in [6.07, 6.45) is 6.83. The summed E-state index contributed by atoms with van der Waals surface area (Å²) in [7, 11) is 0. The van der Waals surface area contributed by atoms with Crippen LogP contribution in [0.2, 0.25) is 0 Å². The molecule has 2 rings (SSSR count). The van der Waals surface area contributed by atoms with E-state index in [-0.39, 0.29) is 0 Å². The Hall–Kier alpha value is -0.260. The van der Waals surface area contributed by atoms with Crippen molar-refractivity contribution < 1.29 is 13.2 Å². The third kappa shape index (κ3) is 4.37. The van der Waals surface area contributed by atoms with Crippen molar-refractivity contribution in [2.24, 2.45) is 11.8 Å². The van der Waals surface area contributed by atoms with E-state index in [1.807, 2.05) is 6.08 Å². The quantitative estimate of drug-likeness (QED) is 0.311. The topological polar surface area (TPSA) is 0 Å². The molecular formula is C16H20F3I. The molecule has 0 aromatic heterocycles. The summed E-state index contributed by atoms with van der Waals surface area (Å²) in [6, 6.07) is 0. The van der Waals surface area contributed by atoms with E-state index in [9.17, 15) is 13.2 Å². The molecule has 112 valence electrons. The van der Waals surface area contributed by atoms with Crippen LogP contribution in [0.15, 0.2) is 35.5 Å². The Morgan fingerprint density at radius 3 is 2.60 bits per heavy atom. The maximum atomic E-state index is 13.0. The SMILES string of the molecule is CCCCC1=CC(C(F)(F)F)C=CCC(C2CC2I)=C1. The van der Waals surface area contributed by atoms with Gasteiger partial charge in [0.05, 0.1) is 5.92 Å². The van der Waals surface area contributed by atoms with Crippen LogP contribution in [-0.2, 0) is 0 Å². The normalized spacial score (nSPS) is 30.4. The number of halogens is 4. The van der Waals surface area contributed by atoms with E-state index < -0.39 is 12.1 Å². The van der Waals surface area contributed by atoms with Crippen LogP contribution in [0.25, 0.3) is 0 Å². The summed E-state index contributed by atoms with van der Waals surface area (Å²) in [6.45, 7) is 2.07. The van der Waals surface area contributed by atoms with Crippen molar-refractivity contribution in [1.82, 2.24) is 0 Å². The smallest absolute Gasteiger partial charge is 0.170 e.